The molecule has 0 radical (unpaired) electrons. The van der Waals surface area contributed by atoms with Crippen LogP contribution < -0.4 is 21.3 Å². The fraction of sp³-hybridized carbons (Fsp3) is 0.250. The number of nitrogens with zero attached hydrogens (tertiary/aromatic N) is 2. The topological polar surface area (TPSA) is 116 Å². The molecule has 0 unspecified atom stereocenters. The first-order valence-electron chi connectivity index (χ1n) is 4.34. The third-order valence-electron chi connectivity index (χ3n) is 1.73. The molecule has 9 heteroatoms. The summed E-state index contributed by atoms with van der Waals surface area (Å²) in [5, 5.41) is 1.70. The number of rotatable bonds is 3. The highest BCUT2D eigenvalue weighted by molar-refractivity contribution is 6.30. The number of nitrogens with two attached hydrogens (primary N) is 1. The summed E-state index contributed by atoms with van der Waals surface area (Å²) >= 11 is 5.60. The Balaban J connectivity index is 2.97. The van der Waals surface area contributed by atoms with Crippen molar-refractivity contribution in [3.05, 3.63) is 21.8 Å². The number of carbonyl (C=O) groups is 2. The van der Waals surface area contributed by atoms with Gasteiger partial charge in [-0.2, -0.15) is 0 Å². The van der Waals surface area contributed by atoms with Gasteiger partial charge in [0.25, 0.3) is 5.56 Å². The first kappa shape index (κ1) is 13.0. The minimum Gasteiger partial charge on any atom is -0.489 e. The number of hydrogen-bond acceptors (Lipinski definition) is 5. The van der Waals surface area contributed by atoms with Gasteiger partial charge in [0.1, 0.15) is 6.54 Å². The van der Waals surface area contributed by atoms with E-state index >= 15 is 0 Å². The zero-order valence-corrected chi connectivity index (χ0v) is 9.52. The highest BCUT2D eigenvalue weighted by atomic mass is 35.5. The Hall–Kier alpha value is -2.09. The van der Waals surface area contributed by atoms with Crippen molar-refractivity contribution < 1.29 is 14.3 Å². The Morgan fingerprint density at radius 2 is 2.29 bits per heavy atom. The fourth-order valence-corrected chi connectivity index (χ4v) is 1.27. The summed E-state index contributed by atoms with van der Waals surface area (Å²) in [5.41, 5.74) is 4.11. The maximum atomic E-state index is 11.7. The SMILES string of the molecule is COc1c(Cl)ncn(CC(=O)NC(N)=O)c1=O. The van der Waals surface area contributed by atoms with E-state index in [2.05, 4.69) is 4.98 Å². The molecule has 0 aliphatic rings. The van der Waals surface area contributed by atoms with E-state index in [1.54, 1.807) is 0 Å². The molecule has 1 heterocycles. The van der Waals surface area contributed by atoms with Gasteiger partial charge in [0.05, 0.1) is 13.4 Å². The number of halogens is 1. The van der Waals surface area contributed by atoms with Crippen LogP contribution in [-0.2, 0) is 11.3 Å². The third kappa shape index (κ3) is 3.18. The highest BCUT2D eigenvalue weighted by Gasteiger charge is 2.13. The van der Waals surface area contributed by atoms with Gasteiger partial charge < -0.3 is 10.5 Å². The molecule has 1 aromatic rings. The van der Waals surface area contributed by atoms with E-state index in [0.29, 0.717) is 0 Å². The summed E-state index contributed by atoms with van der Waals surface area (Å²) in [5.74, 6) is -0.924. The summed E-state index contributed by atoms with van der Waals surface area (Å²) in [4.78, 5) is 36.9. The third-order valence-corrected chi connectivity index (χ3v) is 2.00. The molecule has 0 saturated heterocycles. The van der Waals surface area contributed by atoms with E-state index in [0.717, 1.165) is 10.9 Å². The summed E-state index contributed by atoms with van der Waals surface area (Å²) in [6.07, 6.45) is 1.06. The van der Waals surface area contributed by atoms with Crippen LogP contribution in [0.4, 0.5) is 4.79 Å². The Morgan fingerprint density at radius 3 is 2.82 bits per heavy atom. The van der Waals surface area contributed by atoms with Crippen LogP contribution in [0.25, 0.3) is 0 Å². The van der Waals surface area contributed by atoms with Crippen LogP contribution in [0.15, 0.2) is 11.1 Å². The average Bonchev–Trinajstić information content (AvgIpc) is 2.22. The Morgan fingerprint density at radius 1 is 1.65 bits per heavy atom. The highest BCUT2D eigenvalue weighted by Crippen LogP contribution is 2.14. The smallest absolute Gasteiger partial charge is 0.318 e. The number of primary amides is 1. The Kier molecular flexibility index (Phi) is 4.05. The molecule has 3 amide bonds. The molecule has 17 heavy (non-hydrogen) atoms. The maximum Gasteiger partial charge on any atom is 0.318 e. The first-order chi connectivity index (χ1) is 7.95. The van der Waals surface area contributed by atoms with Crippen LogP contribution in [0.5, 0.6) is 5.75 Å². The summed E-state index contributed by atoms with van der Waals surface area (Å²) in [6, 6.07) is -1.00. The molecule has 0 aliphatic heterocycles. The molecule has 1 rings (SSSR count). The van der Waals surface area contributed by atoms with E-state index in [9.17, 15) is 14.4 Å². The van der Waals surface area contributed by atoms with E-state index in [-0.39, 0.29) is 10.9 Å². The lowest BCUT2D eigenvalue weighted by atomic mass is 10.5. The molecule has 0 atom stereocenters. The minimum atomic E-state index is -1.00. The van der Waals surface area contributed by atoms with Crippen molar-refractivity contribution in [2.45, 2.75) is 6.54 Å². The van der Waals surface area contributed by atoms with Gasteiger partial charge in [-0.05, 0) is 0 Å². The first-order valence-corrected chi connectivity index (χ1v) is 4.71. The minimum absolute atomic E-state index is 0.107. The lowest BCUT2D eigenvalue weighted by Crippen LogP contribution is -2.39. The van der Waals surface area contributed by atoms with Crippen molar-refractivity contribution in [2.24, 2.45) is 5.73 Å². The molecule has 0 aliphatic carbocycles. The van der Waals surface area contributed by atoms with Crippen molar-refractivity contribution in [1.82, 2.24) is 14.9 Å². The van der Waals surface area contributed by atoms with Gasteiger partial charge in [0, 0.05) is 0 Å². The van der Waals surface area contributed by atoms with Gasteiger partial charge in [-0.1, -0.05) is 11.6 Å². The molecule has 0 fully saturated rings. The number of amides is 3. The van der Waals surface area contributed by atoms with Crippen LogP contribution in [0.3, 0.4) is 0 Å². The molecular weight excluding hydrogens is 252 g/mol. The second-order valence-electron chi connectivity index (χ2n) is 2.91. The molecule has 0 spiro atoms. The number of hydrogen-bond donors (Lipinski definition) is 2. The standard InChI is InChI=1S/C8H9ClN4O4/c1-17-5-6(9)11-3-13(7(5)15)2-4(14)12-8(10)16/h3H,2H2,1H3,(H3,10,12,14,16). The van der Waals surface area contributed by atoms with Gasteiger partial charge in [-0.25, -0.2) is 9.78 Å². The van der Waals surface area contributed by atoms with Crippen molar-refractivity contribution in [2.75, 3.05) is 7.11 Å². The molecule has 1 aromatic heterocycles. The number of imide groups is 1. The molecule has 0 bridgehead atoms. The summed E-state index contributed by atoms with van der Waals surface area (Å²) in [7, 11) is 1.25. The van der Waals surface area contributed by atoms with E-state index < -0.39 is 24.0 Å². The van der Waals surface area contributed by atoms with Crippen molar-refractivity contribution in [3.63, 3.8) is 0 Å². The van der Waals surface area contributed by atoms with Gasteiger partial charge in [0.2, 0.25) is 11.7 Å². The summed E-state index contributed by atoms with van der Waals surface area (Å²) < 4.78 is 5.66. The number of methoxy groups -OCH3 is 1. The second-order valence-corrected chi connectivity index (χ2v) is 3.27. The van der Waals surface area contributed by atoms with E-state index in [1.807, 2.05) is 5.32 Å². The van der Waals surface area contributed by atoms with Crippen LogP contribution in [0.2, 0.25) is 5.15 Å². The van der Waals surface area contributed by atoms with Crippen molar-refractivity contribution in [1.29, 1.82) is 0 Å². The maximum absolute atomic E-state index is 11.7. The van der Waals surface area contributed by atoms with Gasteiger partial charge in [-0.3, -0.25) is 19.5 Å². The molecule has 3 N–H and O–H groups in total. The van der Waals surface area contributed by atoms with Gasteiger partial charge in [0.15, 0.2) is 5.15 Å². The largest absolute Gasteiger partial charge is 0.489 e. The van der Waals surface area contributed by atoms with Crippen LogP contribution >= 0.6 is 11.6 Å². The quantitative estimate of drug-likeness (QED) is 0.683. The van der Waals surface area contributed by atoms with E-state index in [1.165, 1.54) is 7.11 Å². The second kappa shape index (κ2) is 5.30. The monoisotopic (exact) mass is 260 g/mol. The Bertz CT molecular complexity index is 513. The lowest BCUT2D eigenvalue weighted by Gasteiger charge is -2.07. The van der Waals surface area contributed by atoms with E-state index in [4.69, 9.17) is 22.1 Å². The molecular formula is C8H9ClN4O4. The predicted octanol–water partition coefficient (Wildman–Crippen LogP) is -0.900. The number of nitrogens with one attached hydrogen (secondary N) is 1. The predicted molar refractivity (Wildman–Crippen MR) is 57.8 cm³/mol. The number of urea groups is 1. The lowest BCUT2D eigenvalue weighted by molar-refractivity contribution is -0.120. The average molecular weight is 261 g/mol. The van der Waals surface area contributed by atoms with Crippen LogP contribution in [0, 0.1) is 0 Å². The summed E-state index contributed by atoms with van der Waals surface area (Å²) in [6.45, 7) is -0.414. The Labute approximate surface area is 100 Å². The molecule has 92 valence electrons. The zero-order chi connectivity index (χ0) is 13.0. The number of aromatic nitrogens is 2. The number of ether oxygens (including phenoxy) is 1. The molecule has 0 aromatic carbocycles. The van der Waals surface area contributed by atoms with Crippen LogP contribution in [-0.4, -0.2) is 28.6 Å². The van der Waals surface area contributed by atoms with Crippen molar-refractivity contribution >= 4 is 23.5 Å². The zero-order valence-electron chi connectivity index (χ0n) is 8.77. The molecule has 0 saturated carbocycles. The normalized spacial score (nSPS) is 9.76. The van der Waals surface area contributed by atoms with Gasteiger partial charge in [-0.15, -0.1) is 0 Å². The fourth-order valence-electron chi connectivity index (χ4n) is 1.07. The van der Waals surface area contributed by atoms with Crippen LogP contribution in [0.1, 0.15) is 0 Å². The molecule has 8 nitrogen and oxygen atoms in total. The van der Waals surface area contributed by atoms with Gasteiger partial charge >= 0.3 is 6.03 Å². The number of carbonyl (C=O) groups excluding carboxylic acids is 2. The van der Waals surface area contributed by atoms with Crippen molar-refractivity contribution in [3.8, 4) is 5.75 Å².